The van der Waals surface area contributed by atoms with E-state index in [4.69, 9.17) is 9.97 Å². The Labute approximate surface area is 306 Å². The van der Waals surface area contributed by atoms with Gasteiger partial charge < -0.3 is 0 Å². The zero-order chi connectivity index (χ0) is 34.8. The van der Waals surface area contributed by atoms with Crippen LogP contribution in [0.3, 0.4) is 0 Å². The van der Waals surface area contributed by atoms with Gasteiger partial charge in [-0.3, -0.25) is 9.55 Å². The summed E-state index contributed by atoms with van der Waals surface area (Å²) in [6.07, 6.45) is 4.70. The predicted molar refractivity (Wildman–Crippen MR) is 218 cm³/mol. The van der Waals surface area contributed by atoms with E-state index in [1.165, 1.54) is 71.3 Å². The van der Waals surface area contributed by atoms with Gasteiger partial charge >= 0.3 is 0 Å². The topological polar surface area (TPSA) is 43.6 Å². The Balaban J connectivity index is 1.32. The first kappa shape index (κ1) is 29.0. The first-order valence-electron chi connectivity index (χ1n) is 18.5. The van der Waals surface area contributed by atoms with Crippen LogP contribution >= 0.6 is 0 Å². The highest BCUT2D eigenvalue weighted by Gasteiger charge is 2.38. The average Bonchev–Trinajstić information content (AvgIpc) is 3.53. The Hall–Kier alpha value is -6.65. The third-order valence-corrected chi connectivity index (χ3v) is 12.2. The molecule has 3 heterocycles. The van der Waals surface area contributed by atoms with Crippen molar-refractivity contribution in [1.29, 1.82) is 0 Å². The Morgan fingerprint density at radius 3 is 2.17 bits per heavy atom. The summed E-state index contributed by atoms with van der Waals surface area (Å²) < 4.78 is 2.39. The molecule has 0 aliphatic heterocycles. The lowest BCUT2D eigenvalue weighted by Crippen LogP contribution is -2.16. The van der Waals surface area contributed by atoms with Crippen LogP contribution in [0, 0.1) is 0 Å². The minimum absolute atomic E-state index is 0.325. The maximum atomic E-state index is 5.50. The van der Waals surface area contributed by atoms with E-state index in [1.807, 2.05) is 24.5 Å². The summed E-state index contributed by atoms with van der Waals surface area (Å²) in [5.41, 5.74) is 14.9. The lowest BCUT2D eigenvalue weighted by atomic mass is 9.70. The van der Waals surface area contributed by atoms with Crippen molar-refractivity contribution in [2.24, 2.45) is 0 Å². The molecule has 248 valence electrons. The van der Waals surface area contributed by atoms with Crippen LogP contribution in [-0.4, -0.2) is 19.5 Å². The largest absolute Gasteiger partial charge is 0.277 e. The summed E-state index contributed by atoms with van der Waals surface area (Å²) in [7, 11) is 0. The Kier molecular flexibility index (Phi) is 5.85. The number of nitrogens with zero attached hydrogens (tertiary/aromatic N) is 4. The highest BCUT2D eigenvalue weighted by molar-refractivity contribution is 6.29. The molecule has 0 saturated carbocycles. The Bertz CT molecular complexity index is 3170. The second-order valence-corrected chi connectivity index (χ2v) is 14.7. The van der Waals surface area contributed by atoms with E-state index in [1.54, 1.807) is 0 Å². The average molecular weight is 677 g/mol. The lowest BCUT2D eigenvalue weighted by Gasteiger charge is -2.33. The van der Waals surface area contributed by atoms with Crippen molar-refractivity contribution >= 4 is 54.3 Å². The summed E-state index contributed by atoms with van der Waals surface area (Å²) in [6.45, 7) is 2.45. The molecule has 2 unspecified atom stereocenters. The van der Waals surface area contributed by atoms with Crippen molar-refractivity contribution in [3.8, 4) is 39.5 Å². The first-order valence-corrected chi connectivity index (χ1v) is 18.5. The van der Waals surface area contributed by atoms with E-state index >= 15 is 0 Å². The molecule has 12 rings (SSSR count). The molecular formula is C49H32N4. The van der Waals surface area contributed by atoms with Gasteiger partial charge in [0.05, 0.1) is 22.2 Å². The fraction of sp³-hybridized carbons (Fsp3) is 0.0816. The number of benzene rings is 7. The van der Waals surface area contributed by atoms with Gasteiger partial charge in [0.1, 0.15) is 0 Å². The number of hydrogen-bond donors (Lipinski definition) is 0. The SMILES string of the molecule is CC1c2ccccc2-c2cccc3c2CC1c1c-3c2c3ccc4ccccc4c3n(-c3nc(-c4ccncc4)c4ccccc4n3)c2c2ccccc12. The first-order chi connectivity index (χ1) is 26.2. The van der Waals surface area contributed by atoms with Crippen LogP contribution in [0.2, 0.25) is 0 Å². The molecule has 0 amide bonds. The number of aromatic nitrogens is 4. The quantitative estimate of drug-likeness (QED) is 0.183. The van der Waals surface area contributed by atoms with Crippen LogP contribution in [0.5, 0.6) is 0 Å². The fourth-order valence-corrected chi connectivity index (χ4v) is 9.91. The predicted octanol–water partition coefficient (Wildman–Crippen LogP) is 12.2. The van der Waals surface area contributed by atoms with Crippen LogP contribution in [0.1, 0.15) is 35.4 Å². The summed E-state index contributed by atoms with van der Waals surface area (Å²) >= 11 is 0. The molecule has 4 nitrogen and oxygen atoms in total. The molecule has 7 aromatic carbocycles. The summed E-state index contributed by atoms with van der Waals surface area (Å²) in [5.74, 6) is 1.33. The molecular weight excluding hydrogens is 645 g/mol. The molecule has 0 N–H and O–H groups in total. The molecule has 0 saturated heterocycles. The van der Waals surface area contributed by atoms with E-state index < -0.39 is 0 Å². The molecule has 53 heavy (non-hydrogen) atoms. The zero-order valence-electron chi connectivity index (χ0n) is 29.1. The van der Waals surface area contributed by atoms with Crippen LogP contribution in [0.15, 0.2) is 152 Å². The second kappa shape index (κ2) is 10.7. The monoisotopic (exact) mass is 676 g/mol. The second-order valence-electron chi connectivity index (χ2n) is 14.7. The lowest BCUT2D eigenvalue weighted by molar-refractivity contribution is 0.579. The molecule has 2 aliphatic carbocycles. The highest BCUT2D eigenvalue weighted by atomic mass is 15.2. The smallest absolute Gasteiger partial charge is 0.235 e. The number of rotatable bonds is 2. The van der Waals surface area contributed by atoms with E-state index in [2.05, 4.69) is 144 Å². The molecule has 2 atom stereocenters. The molecule has 10 aromatic rings. The van der Waals surface area contributed by atoms with Crippen LogP contribution in [0.25, 0.3) is 93.7 Å². The number of hydrogen-bond acceptors (Lipinski definition) is 3. The normalized spacial score (nSPS) is 15.9. The fourth-order valence-electron chi connectivity index (χ4n) is 9.91. The minimum Gasteiger partial charge on any atom is -0.277 e. The van der Waals surface area contributed by atoms with E-state index in [0.717, 1.165) is 39.6 Å². The molecule has 0 fully saturated rings. The van der Waals surface area contributed by atoms with Gasteiger partial charge in [-0.2, -0.15) is 0 Å². The highest BCUT2D eigenvalue weighted by Crippen LogP contribution is 2.58. The van der Waals surface area contributed by atoms with Gasteiger partial charge in [-0.15, -0.1) is 0 Å². The van der Waals surface area contributed by atoms with Crippen LogP contribution < -0.4 is 0 Å². The molecule has 0 spiro atoms. The zero-order valence-corrected chi connectivity index (χ0v) is 29.1. The number of pyridine rings is 1. The van der Waals surface area contributed by atoms with Gasteiger partial charge in [-0.05, 0) is 86.2 Å². The van der Waals surface area contributed by atoms with Crippen molar-refractivity contribution < 1.29 is 0 Å². The van der Waals surface area contributed by atoms with Crippen molar-refractivity contribution in [3.63, 3.8) is 0 Å². The van der Waals surface area contributed by atoms with Gasteiger partial charge in [0.25, 0.3) is 0 Å². The van der Waals surface area contributed by atoms with Crippen molar-refractivity contribution in [3.05, 3.63) is 169 Å². The number of fused-ring (bicyclic) bond motifs is 16. The summed E-state index contributed by atoms with van der Waals surface area (Å²) in [4.78, 5) is 15.2. The number of para-hydroxylation sites is 1. The molecule has 0 radical (unpaired) electrons. The van der Waals surface area contributed by atoms with E-state index in [0.29, 0.717) is 17.8 Å². The van der Waals surface area contributed by atoms with E-state index in [9.17, 15) is 0 Å². The minimum atomic E-state index is 0.325. The Morgan fingerprint density at radius 2 is 1.28 bits per heavy atom. The van der Waals surface area contributed by atoms with Gasteiger partial charge in [-0.25, -0.2) is 9.97 Å². The third-order valence-electron chi connectivity index (χ3n) is 12.2. The van der Waals surface area contributed by atoms with Crippen LogP contribution in [-0.2, 0) is 6.42 Å². The van der Waals surface area contributed by atoms with E-state index in [-0.39, 0.29) is 0 Å². The molecule has 2 aliphatic rings. The molecule has 3 aromatic heterocycles. The van der Waals surface area contributed by atoms with Crippen molar-refractivity contribution in [2.75, 3.05) is 0 Å². The third kappa shape index (κ3) is 3.87. The van der Waals surface area contributed by atoms with Crippen LogP contribution in [0.4, 0.5) is 0 Å². The van der Waals surface area contributed by atoms with Crippen molar-refractivity contribution in [2.45, 2.75) is 25.2 Å². The van der Waals surface area contributed by atoms with Gasteiger partial charge in [0.2, 0.25) is 5.95 Å². The Morgan fingerprint density at radius 1 is 0.566 bits per heavy atom. The summed E-state index contributed by atoms with van der Waals surface area (Å²) in [6, 6.07) is 51.0. The summed E-state index contributed by atoms with van der Waals surface area (Å²) in [5, 5.41) is 8.45. The standard InChI is InChI=1S/C49H32N4/c1-28-31-12-4-5-14-33(31)34-18-10-19-36-41(34)27-40(28)43-35-15-6-7-16-37(35)48-45(44(36)43)39-22-21-29-11-2-3-13-32(29)47(39)53(48)49-51-42-20-9-8-17-38(42)46(52-49)30-23-25-50-26-24-30/h2-26,28,40H,27H2,1H3. The molecule has 4 heteroatoms. The van der Waals surface area contributed by atoms with Gasteiger partial charge in [0, 0.05) is 44.9 Å². The van der Waals surface area contributed by atoms with Gasteiger partial charge in [0.15, 0.2) is 0 Å². The van der Waals surface area contributed by atoms with Crippen molar-refractivity contribution in [1.82, 2.24) is 19.5 Å². The maximum absolute atomic E-state index is 5.50. The maximum Gasteiger partial charge on any atom is 0.235 e. The molecule has 2 bridgehead atoms. The van der Waals surface area contributed by atoms with Gasteiger partial charge in [-0.1, -0.05) is 128 Å².